The van der Waals surface area contributed by atoms with Gasteiger partial charge in [-0.3, -0.25) is 4.79 Å². The lowest BCUT2D eigenvalue weighted by atomic mass is 9.75. The average molecular weight is 194 g/mol. The molecule has 1 nitrogen and oxygen atoms in total. The van der Waals surface area contributed by atoms with Gasteiger partial charge in [0.15, 0.2) is 0 Å². The van der Waals surface area contributed by atoms with Gasteiger partial charge in [-0.15, -0.1) is 0 Å². The zero-order chi connectivity index (χ0) is 10.4. The van der Waals surface area contributed by atoms with Crippen molar-refractivity contribution in [3.05, 3.63) is 12.2 Å². The van der Waals surface area contributed by atoms with Gasteiger partial charge in [-0.2, -0.15) is 0 Å². The third-order valence-corrected chi connectivity index (χ3v) is 3.05. The molecule has 0 saturated heterocycles. The van der Waals surface area contributed by atoms with E-state index in [1.165, 1.54) is 25.7 Å². The Balaban J connectivity index is 2.39. The predicted octanol–water partition coefficient (Wildman–Crippen LogP) is 3.88. The smallest absolute Gasteiger partial charge is 0.133 e. The summed E-state index contributed by atoms with van der Waals surface area (Å²) in [6.45, 7) is 4.42. The van der Waals surface area contributed by atoms with Crippen LogP contribution in [0.15, 0.2) is 12.2 Å². The van der Waals surface area contributed by atoms with Gasteiger partial charge >= 0.3 is 0 Å². The predicted molar refractivity (Wildman–Crippen MR) is 60.2 cm³/mol. The molecular weight excluding hydrogens is 172 g/mol. The summed E-state index contributed by atoms with van der Waals surface area (Å²) in [5.41, 5.74) is 0.170. The fourth-order valence-electron chi connectivity index (χ4n) is 2.15. The van der Waals surface area contributed by atoms with Crippen molar-refractivity contribution in [2.45, 2.75) is 58.8 Å². The van der Waals surface area contributed by atoms with E-state index in [0.29, 0.717) is 5.78 Å². The fourth-order valence-corrected chi connectivity index (χ4v) is 2.15. The summed E-state index contributed by atoms with van der Waals surface area (Å²) in [6.07, 6.45) is 12.0. The Kier molecular flexibility index (Phi) is 4.37. The second-order valence-electron chi connectivity index (χ2n) is 4.77. The van der Waals surface area contributed by atoms with E-state index < -0.39 is 0 Å². The number of unbranched alkanes of at least 4 members (excludes halogenated alkanes) is 2. The number of hydrogen-bond acceptors (Lipinski definition) is 1. The van der Waals surface area contributed by atoms with Gasteiger partial charge in [-0.05, 0) is 24.7 Å². The van der Waals surface area contributed by atoms with Gasteiger partial charge in [0.2, 0.25) is 0 Å². The number of rotatable bonds is 4. The summed E-state index contributed by atoms with van der Waals surface area (Å²) in [4.78, 5) is 11.3. The van der Waals surface area contributed by atoms with Gasteiger partial charge in [-0.1, -0.05) is 38.8 Å². The second kappa shape index (κ2) is 5.33. The van der Waals surface area contributed by atoms with Crippen LogP contribution in [0.4, 0.5) is 0 Å². The van der Waals surface area contributed by atoms with Crippen molar-refractivity contribution in [1.82, 2.24) is 0 Å². The van der Waals surface area contributed by atoms with Gasteiger partial charge in [-0.25, -0.2) is 0 Å². The first-order valence-electron chi connectivity index (χ1n) is 5.86. The standard InChI is InChI=1S/C13H22O/c1-3-4-5-6-9-13(2)10-7-8-12(14)11-13/h6,9H,3-5,7-8,10-11H2,1-2H3/b9-6+/t13-/m1/s1. The highest BCUT2D eigenvalue weighted by Gasteiger charge is 2.28. The molecule has 1 saturated carbocycles. The van der Waals surface area contributed by atoms with E-state index in [0.717, 1.165) is 19.3 Å². The van der Waals surface area contributed by atoms with Crippen LogP contribution in [0.25, 0.3) is 0 Å². The Morgan fingerprint density at radius 2 is 2.29 bits per heavy atom. The van der Waals surface area contributed by atoms with Gasteiger partial charge in [0.25, 0.3) is 0 Å². The first-order valence-corrected chi connectivity index (χ1v) is 5.86. The number of hydrogen-bond donors (Lipinski definition) is 0. The molecule has 0 bridgehead atoms. The minimum absolute atomic E-state index is 0.170. The van der Waals surface area contributed by atoms with Crippen LogP contribution in [0.2, 0.25) is 0 Å². The molecule has 0 N–H and O–H groups in total. The zero-order valence-electron chi connectivity index (χ0n) is 9.51. The summed E-state index contributed by atoms with van der Waals surface area (Å²) < 4.78 is 0. The molecule has 0 unspecified atom stereocenters. The Labute approximate surface area is 87.6 Å². The highest BCUT2D eigenvalue weighted by atomic mass is 16.1. The maximum absolute atomic E-state index is 11.3. The monoisotopic (exact) mass is 194 g/mol. The molecule has 0 spiro atoms. The third kappa shape index (κ3) is 3.65. The van der Waals surface area contributed by atoms with E-state index in [2.05, 4.69) is 26.0 Å². The Morgan fingerprint density at radius 3 is 2.93 bits per heavy atom. The number of Topliss-reactive ketones (excluding diaryl/α,β-unsaturated/α-hetero) is 1. The van der Waals surface area contributed by atoms with Crippen molar-refractivity contribution in [2.75, 3.05) is 0 Å². The summed E-state index contributed by atoms with van der Waals surface area (Å²) >= 11 is 0. The molecule has 0 aromatic rings. The molecule has 1 aliphatic carbocycles. The summed E-state index contributed by atoms with van der Waals surface area (Å²) in [7, 11) is 0. The Bertz CT molecular complexity index is 217. The molecule has 0 heterocycles. The first kappa shape index (κ1) is 11.5. The van der Waals surface area contributed by atoms with Crippen LogP contribution in [0, 0.1) is 5.41 Å². The van der Waals surface area contributed by atoms with Gasteiger partial charge in [0.05, 0.1) is 0 Å². The van der Waals surface area contributed by atoms with Gasteiger partial charge < -0.3 is 0 Å². The zero-order valence-corrected chi connectivity index (χ0v) is 9.51. The topological polar surface area (TPSA) is 17.1 Å². The maximum Gasteiger partial charge on any atom is 0.133 e. The highest BCUT2D eigenvalue weighted by Crippen LogP contribution is 2.35. The Hall–Kier alpha value is -0.590. The number of carbonyl (C=O) groups is 1. The van der Waals surface area contributed by atoms with Crippen LogP contribution in [-0.4, -0.2) is 5.78 Å². The van der Waals surface area contributed by atoms with Crippen LogP contribution >= 0.6 is 0 Å². The van der Waals surface area contributed by atoms with Crippen LogP contribution < -0.4 is 0 Å². The SMILES string of the molecule is CCCC/C=C/[C@]1(C)CCCC(=O)C1. The average Bonchev–Trinajstić information content (AvgIpc) is 2.12. The molecule has 1 aliphatic rings. The quantitative estimate of drug-likeness (QED) is 0.490. The van der Waals surface area contributed by atoms with Crippen molar-refractivity contribution in [3.63, 3.8) is 0 Å². The molecule has 1 atom stereocenters. The van der Waals surface area contributed by atoms with Crippen LogP contribution in [-0.2, 0) is 4.79 Å². The number of ketones is 1. The normalized spacial score (nSPS) is 28.6. The van der Waals surface area contributed by atoms with Crippen molar-refractivity contribution in [2.24, 2.45) is 5.41 Å². The lowest BCUT2D eigenvalue weighted by molar-refractivity contribution is -0.122. The van der Waals surface area contributed by atoms with Gasteiger partial charge in [0.1, 0.15) is 5.78 Å². The van der Waals surface area contributed by atoms with Crippen LogP contribution in [0.5, 0.6) is 0 Å². The molecule has 0 radical (unpaired) electrons. The van der Waals surface area contributed by atoms with E-state index in [4.69, 9.17) is 0 Å². The third-order valence-electron chi connectivity index (χ3n) is 3.05. The molecule has 80 valence electrons. The van der Waals surface area contributed by atoms with E-state index in [1.54, 1.807) is 0 Å². The van der Waals surface area contributed by atoms with Crippen molar-refractivity contribution >= 4 is 5.78 Å². The van der Waals surface area contributed by atoms with E-state index in [1.807, 2.05) is 0 Å². The van der Waals surface area contributed by atoms with Crippen LogP contribution in [0.1, 0.15) is 58.8 Å². The number of allylic oxidation sites excluding steroid dienone is 2. The van der Waals surface area contributed by atoms with Gasteiger partial charge in [0, 0.05) is 12.8 Å². The summed E-state index contributed by atoms with van der Waals surface area (Å²) in [6, 6.07) is 0. The second-order valence-corrected chi connectivity index (χ2v) is 4.77. The molecule has 14 heavy (non-hydrogen) atoms. The Morgan fingerprint density at radius 1 is 1.50 bits per heavy atom. The summed E-state index contributed by atoms with van der Waals surface area (Å²) in [5, 5.41) is 0. The fraction of sp³-hybridized carbons (Fsp3) is 0.769. The van der Waals surface area contributed by atoms with E-state index in [-0.39, 0.29) is 5.41 Å². The van der Waals surface area contributed by atoms with Crippen molar-refractivity contribution < 1.29 is 4.79 Å². The number of carbonyl (C=O) groups excluding carboxylic acids is 1. The lowest BCUT2D eigenvalue weighted by Gasteiger charge is -2.29. The minimum Gasteiger partial charge on any atom is -0.300 e. The molecule has 0 amide bonds. The molecule has 0 aromatic heterocycles. The first-order chi connectivity index (χ1) is 6.66. The van der Waals surface area contributed by atoms with Crippen molar-refractivity contribution in [1.29, 1.82) is 0 Å². The lowest BCUT2D eigenvalue weighted by Crippen LogP contribution is -2.23. The molecule has 1 heteroatoms. The molecule has 1 rings (SSSR count). The molecule has 0 aliphatic heterocycles. The molecule has 0 aromatic carbocycles. The molecule has 1 fully saturated rings. The van der Waals surface area contributed by atoms with Crippen molar-refractivity contribution in [3.8, 4) is 0 Å². The molecular formula is C13H22O. The largest absolute Gasteiger partial charge is 0.300 e. The highest BCUT2D eigenvalue weighted by molar-refractivity contribution is 5.80. The maximum atomic E-state index is 11.3. The van der Waals surface area contributed by atoms with E-state index >= 15 is 0 Å². The summed E-state index contributed by atoms with van der Waals surface area (Å²) in [5.74, 6) is 0.443. The van der Waals surface area contributed by atoms with E-state index in [9.17, 15) is 4.79 Å². The van der Waals surface area contributed by atoms with Crippen LogP contribution in [0.3, 0.4) is 0 Å². The minimum atomic E-state index is 0.170.